The lowest BCUT2D eigenvalue weighted by Crippen LogP contribution is -2.15. The summed E-state index contributed by atoms with van der Waals surface area (Å²) >= 11 is 0. The third-order valence-corrected chi connectivity index (χ3v) is 2.84. The van der Waals surface area contributed by atoms with E-state index in [0.717, 1.165) is 12.1 Å². The summed E-state index contributed by atoms with van der Waals surface area (Å²) in [7, 11) is 4.08. The normalized spacial score (nSPS) is 12.2. The maximum Gasteiger partial charge on any atom is 0.119 e. The molecule has 0 aliphatic rings. The highest BCUT2D eigenvalue weighted by Gasteiger charge is 2.17. The zero-order valence-corrected chi connectivity index (χ0v) is 11.3. The highest BCUT2D eigenvalue weighted by atomic mass is 16.3. The molecule has 90 valence electrons. The second-order valence-corrected chi connectivity index (χ2v) is 5.77. The van der Waals surface area contributed by atoms with Crippen molar-refractivity contribution in [3.63, 3.8) is 0 Å². The van der Waals surface area contributed by atoms with Crippen LogP contribution in [0.15, 0.2) is 12.1 Å². The van der Waals surface area contributed by atoms with Crippen LogP contribution in [0.1, 0.15) is 37.5 Å². The van der Waals surface area contributed by atoms with Crippen molar-refractivity contribution in [1.82, 2.24) is 4.90 Å². The molecular formula is C14H23NO. The van der Waals surface area contributed by atoms with Crippen molar-refractivity contribution in [2.75, 3.05) is 14.1 Å². The predicted molar refractivity (Wildman–Crippen MR) is 68.9 cm³/mol. The molecule has 0 aliphatic heterocycles. The van der Waals surface area contributed by atoms with Crippen molar-refractivity contribution in [1.29, 1.82) is 0 Å². The average molecular weight is 221 g/mol. The van der Waals surface area contributed by atoms with Gasteiger partial charge in [-0.1, -0.05) is 26.8 Å². The van der Waals surface area contributed by atoms with E-state index in [9.17, 15) is 5.11 Å². The summed E-state index contributed by atoms with van der Waals surface area (Å²) in [5.41, 5.74) is 3.45. The van der Waals surface area contributed by atoms with Gasteiger partial charge in [-0.05, 0) is 49.2 Å². The molecule has 0 atom stereocenters. The molecule has 0 fully saturated rings. The predicted octanol–water partition coefficient (Wildman–Crippen LogP) is 3.06. The molecule has 1 aromatic carbocycles. The van der Waals surface area contributed by atoms with Crippen LogP contribution in [0.5, 0.6) is 5.75 Å². The Balaban J connectivity index is 3.22. The Kier molecular flexibility index (Phi) is 3.64. The lowest BCUT2D eigenvalue weighted by atomic mass is 9.85. The van der Waals surface area contributed by atoms with Crippen molar-refractivity contribution in [2.24, 2.45) is 0 Å². The standard InChI is InChI=1S/C14H23NO/c1-10-11(9-15(5)6)7-12(8-13(10)16)14(2,3)4/h7-8,16H,9H2,1-6H3. The van der Waals surface area contributed by atoms with Crippen LogP contribution in [-0.4, -0.2) is 24.1 Å². The molecule has 0 unspecified atom stereocenters. The van der Waals surface area contributed by atoms with Crippen LogP contribution in [0.25, 0.3) is 0 Å². The number of hydrogen-bond acceptors (Lipinski definition) is 2. The van der Waals surface area contributed by atoms with Gasteiger partial charge in [-0.3, -0.25) is 0 Å². The number of phenols is 1. The summed E-state index contributed by atoms with van der Waals surface area (Å²) in [4.78, 5) is 2.12. The number of benzene rings is 1. The van der Waals surface area contributed by atoms with E-state index in [-0.39, 0.29) is 5.41 Å². The summed E-state index contributed by atoms with van der Waals surface area (Å²) in [6.07, 6.45) is 0. The fraction of sp³-hybridized carbons (Fsp3) is 0.571. The number of phenolic OH excluding ortho intramolecular Hbond substituents is 1. The van der Waals surface area contributed by atoms with Crippen LogP contribution in [-0.2, 0) is 12.0 Å². The van der Waals surface area contributed by atoms with Gasteiger partial charge in [0, 0.05) is 6.54 Å². The third-order valence-electron chi connectivity index (χ3n) is 2.84. The third kappa shape index (κ3) is 2.99. The molecular weight excluding hydrogens is 198 g/mol. The summed E-state index contributed by atoms with van der Waals surface area (Å²) in [5.74, 6) is 0.407. The van der Waals surface area contributed by atoms with E-state index in [1.54, 1.807) is 0 Å². The molecule has 0 saturated heterocycles. The van der Waals surface area contributed by atoms with Gasteiger partial charge in [0.2, 0.25) is 0 Å². The Morgan fingerprint density at radius 2 is 1.75 bits per heavy atom. The second kappa shape index (κ2) is 4.46. The van der Waals surface area contributed by atoms with Gasteiger partial charge >= 0.3 is 0 Å². The molecule has 1 aromatic rings. The highest BCUT2D eigenvalue weighted by molar-refractivity contribution is 5.44. The highest BCUT2D eigenvalue weighted by Crippen LogP contribution is 2.30. The minimum Gasteiger partial charge on any atom is -0.508 e. The minimum absolute atomic E-state index is 0.0756. The summed E-state index contributed by atoms with van der Waals surface area (Å²) in [6.45, 7) is 9.33. The minimum atomic E-state index is 0.0756. The Bertz CT molecular complexity index is 375. The van der Waals surface area contributed by atoms with Crippen LogP contribution in [0.2, 0.25) is 0 Å². The lowest BCUT2D eigenvalue weighted by Gasteiger charge is -2.22. The molecule has 0 radical (unpaired) electrons. The monoisotopic (exact) mass is 221 g/mol. The molecule has 0 aliphatic carbocycles. The molecule has 0 amide bonds. The van der Waals surface area contributed by atoms with Crippen LogP contribution in [0.4, 0.5) is 0 Å². The fourth-order valence-corrected chi connectivity index (χ4v) is 1.70. The van der Waals surface area contributed by atoms with Crippen LogP contribution >= 0.6 is 0 Å². The largest absolute Gasteiger partial charge is 0.508 e. The zero-order valence-electron chi connectivity index (χ0n) is 11.3. The first-order valence-electron chi connectivity index (χ1n) is 5.69. The Hall–Kier alpha value is -1.02. The lowest BCUT2D eigenvalue weighted by molar-refractivity contribution is 0.397. The molecule has 16 heavy (non-hydrogen) atoms. The quantitative estimate of drug-likeness (QED) is 0.829. The first-order chi connectivity index (χ1) is 7.21. The van der Waals surface area contributed by atoms with E-state index in [4.69, 9.17) is 0 Å². The van der Waals surface area contributed by atoms with Gasteiger partial charge < -0.3 is 10.0 Å². The Morgan fingerprint density at radius 1 is 1.19 bits per heavy atom. The number of hydrogen-bond donors (Lipinski definition) is 1. The van der Waals surface area contributed by atoms with Crippen molar-refractivity contribution in [3.05, 3.63) is 28.8 Å². The molecule has 2 nitrogen and oxygen atoms in total. The molecule has 0 bridgehead atoms. The zero-order chi connectivity index (χ0) is 12.5. The van der Waals surface area contributed by atoms with Gasteiger partial charge in [-0.25, -0.2) is 0 Å². The van der Waals surface area contributed by atoms with Gasteiger partial charge in [0.1, 0.15) is 5.75 Å². The van der Waals surface area contributed by atoms with Crippen molar-refractivity contribution >= 4 is 0 Å². The van der Waals surface area contributed by atoms with Gasteiger partial charge in [0.05, 0.1) is 0 Å². The fourth-order valence-electron chi connectivity index (χ4n) is 1.70. The van der Waals surface area contributed by atoms with E-state index in [1.807, 2.05) is 27.1 Å². The van der Waals surface area contributed by atoms with E-state index < -0.39 is 0 Å². The molecule has 0 aromatic heterocycles. The molecule has 0 heterocycles. The van der Waals surface area contributed by atoms with E-state index in [0.29, 0.717) is 5.75 Å². The van der Waals surface area contributed by atoms with Gasteiger partial charge in [-0.15, -0.1) is 0 Å². The smallest absolute Gasteiger partial charge is 0.119 e. The molecule has 1 rings (SSSR count). The van der Waals surface area contributed by atoms with Gasteiger partial charge in [-0.2, -0.15) is 0 Å². The SMILES string of the molecule is Cc1c(O)cc(C(C)(C)C)cc1CN(C)C. The number of aromatic hydroxyl groups is 1. The average Bonchev–Trinajstić information content (AvgIpc) is 2.10. The molecule has 1 N–H and O–H groups in total. The van der Waals surface area contributed by atoms with E-state index in [2.05, 4.69) is 31.7 Å². The van der Waals surface area contributed by atoms with Crippen molar-refractivity contribution in [3.8, 4) is 5.75 Å². The van der Waals surface area contributed by atoms with Crippen LogP contribution in [0, 0.1) is 6.92 Å². The summed E-state index contributed by atoms with van der Waals surface area (Å²) in [6, 6.07) is 4.09. The second-order valence-electron chi connectivity index (χ2n) is 5.77. The van der Waals surface area contributed by atoms with Crippen molar-refractivity contribution in [2.45, 2.75) is 39.7 Å². The van der Waals surface area contributed by atoms with Crippen LogP contribution < -0.4 is 0 Å². The summed E-state index contributed by atoms with van der Waals surface area (Å²) in [5, 5.41) is 9.94. The molecule has 0 spiro atoms. The van der Waals surface area contributed by atoms with Gasteiger partial charge in [0.25, 0.3) is 0 Å². The maximum atomic E-state index is 9.94. The molecule has 0 saturated carbocycles. The van der Waals surface area contributed by atoms with Crippen LogP contribution in [0.3, 0.4) is 0 Å². The number of nitrogens with zero attached hydrogens (tertiary/aromatic N) is 1. The van der Waals surface area contributed by atoms with E-state index in [1.165, 1.54) is 11.1 Å². The first-order valence-corrected chi connectivity index (χ1v) is 5.69. The Labute approximate surface area is 98.9 Å². The molecule has 2 heteroatoms. The Morgan fingerprint density at radius 3 is 2.19 bits per heavy atom. The van der Waals surface area contributed by atoms with E-state index >= 15 is 0 Å². The van der Waals surface area contributed by atoms with Gasteiger partial charge in [0.15, 0.2) is 0 Å². The number of rotatable bonds is 2. The maximum absolute atomic E-state index is 9.94. The topological polar surface area (TPSA) is 23.5 Å². The first kappa shape index (κ1) is 13.0. The summed E-state index contributed by atoms with van der Waals surface area (Å²) < 4.78 is 0. The van der Waals surface area contributed by atoms with Crippen molar-refractivity contribution < 1.29 is 5.11 Å².